The Hall–Kier alpha value is -1.08. The van der Waals surface area contributed by atoms with Crippen molar-refractivity contribution >= 4 is 5.91 Å². The van der Waals surface area contributed by atoms with Crippen LogP contribution in [0.5, 0.6) is 0 Å². The Morgan fingerprint density at radius 2 is 2.40 bits per heavy atom. The molecule has 15 heavy (non-hydrogen) atoms. The van der Waals surface area contributed by atoms with Gasteiger partial charge in [-0.2, -0.15) is 5.26 Å². The Morgan fingerprint density at radius 3 is 3.20 bits per heavy atom. The zero-order valence-electron chi connectivity index (χ0n) is 8.82. The Labute approximate surface area is 89.8 Å². The van der Waals surface area contributed by atoms with E-state index < -0.39 is 0 Å². The minimum Gasteiger partial charge on any atom is -0.379 e. The molecule has 1 aliphatic carbocycles. The van der Waals surface area contributed by atoms with E-state index in [0.717, 1.165) is 19.4 Å². The summed E-state index contributed by atoms with van der Waals surface area (Å²) in [5.74, 6) is 0.468. The summed E-state index contributed by atoms with van der Waals surface area (Å²) in [6, 6.07) is 2.26. The monoisotopic (exact) mass is 208 g/mol. The molecule has 1 amide bonds. The third kappa shape index (κ3) is 2.13. The van der Waals surface area contributed by atoms with Gasteiger partial charge in [0.15, 0.2) is 0 Å². The number of nitriles is 1. The van der Waals surface area contributed by atoms with E-state index >= 15 is 0 Å². The summed E-state index contributed by atoms with van der Waals surface area (Å²) in [5.41, 5.74) is 0. The number of carbonyl (C=O) groups excluding carboxylic acids is 1. The maximum atomic E-state index is 11.7. The third-order valence-corrected chi connectivity index (χ3v) is 3.38. The van der Waals surface area contributed by atoms with Gasteiger partial charge in [-0.25, -0.2) is 0 Å². The van der Waals surface area contributed by atoms with Crippen molar-refractivity contribution in [2.24, 2.45) is 5.92 Å². The summed E-state index contributed by atoms with van der Waals surface area (Å²) < 4.78 is 5.49. The number of carbonyl (C=O) groups is 1. The predicted octanol–water partition coefficient (Wildman–Crippen LogP) is 0.928. The van der Waals surface area contributed by atoms with Gasteiger partial charge in [0.1, 0.15) is 6.42 Å². The molecule has 4 nitrogen and oxygen atoms in total. The highest BCUT2D eigenvalue weighted by Crippen LogP contribution is 2.31. The number of fused-ring (bicyclic) bond motifs is 1. The number of rotatable bonds is 1. The van der Waals surface area contributed by atoms with E-state index in [2.05, 4.69) is 0 Å². The highest BCUT2D eigenvalue weighted by molar-refractivity contribution is 5.78. The summed E-state index contributed by atoms with van der Waals surface area (Å²) >= 11 is 0. The van der Waals surface area contributed by atoms with Gasteiger partial charge in [0, 0.05) is 18.5 Å². The van der Waals surface area contributed by atoms with Gasteiger partial charge in [-0.3, -0.25) is 4.79 Å². The van der Waals surface area contributed by atoms with Crippen LogP contribution < -0.4 is 0 Å². The van der Waals surface area contributed by atoms with Gasteiger partial charge in [-0.15, -0.1) is 0 Å². The van der Waals surface area contributed by atoms with Crippen molar-refractivity contribution in [3.63, 3.8) is 0 Å². The van der Waals surface area contributed by atoms with Crippen LogP contribution in [-0.2, 0) is 9.53 Å². The van der Waals surface area contributed by atoms with Crippen molar-refractivity contribution in [1.29, 1.82) is 5.26 Å². The maximum Gasteiger partial charge on any atom is 0.237 e. The lowest BCUT2D eigenvalue weighted by Gasteiger charge is -2.29. The molecule has 0 aromatic rings. The quantitative estimate of drug-likeness (QED) is 0.644. The molecule has 4 heteroatoms. The van der Waals surface area contributed by atoms with E-state index in [9.17, 15) is 4.79 Å². The molecule has 0 unspecified atom stereocenters. The zero-order chi connectivity index (χ0) is 10.7. The van der Waals surface area contributed by atoms with Crippen LogP contribution in [-0.4, -0.2) is 36.6 Å². The Bertz CT molecular complexity index is 285. The standard InChI is InChI=1S/C11H16N2O2/c12-5-4-11(14)13-6-7-15-8-9-2-1-3-10(9)13/h9-10H,1-4,6-8H2/t9-,10+/m1/s1. The van der Waals surface area contributed by atoms with Gasteiger partial charge >= 0.3 is 0 Å². The molecule has 1 heterocycles. The Kier molecular flexibility index (Phi) is 3.22. The molecule has 2 rings (SSSR count). The third-order valence-electron chi connectivity index (χ3n) is 3.38. The molecule has 0 aromatic carbocycles. The van der Waals surface area contributed by atoms with E-state index in [-0.39, 0.29) is 12.3 Å². The fourth-order valence-corrected chi connectivity index (χ4v) is 2.66. The SMILES string of the molecule is N#CCC(=O)N1CCOC[C@H]2CCC[C@@H]21. The molecule has 0 aromatic heterocycles. The van der Waals surface area contributed by atoms with E-state index in [4.69, 9.17) is 10.00 Å². The Balaban J connectivity index is 2.07. The van der Waals surface area contributed by atoms with Crippen LogP contribution in [0.4, 0.5) is 0 Å². The highest BCUT2D eigenvalue weighted by atomic mass is 16.5. The van der Waals surface area contributed by atoms with Crippen LogP contribution in [0, 0.1) is 17.2 Å². The molecule has 0 N–H and O–H groups in total. The molecule has 1 saturated carbocycles. The first-order chi connectivity index (χ1) is 7.33. The van der Waals surface area contributed by atoms with Crippen molar-refractivity contribution in [1.82, 2.24) is 4.90 Å². The minimum atomic E-state index is -0.0279. The molecule has 82 valence electrons. The van der Waals surface area contributed by atoms with Crippen molar-refractivity contribution in [3.8, 4) is 6.07 Å². The lowest BCUT2D eigenvalue weighted by molar-refractivity contribution is -0.132. The van der Waals surface area contributed by atoms with E-state index in [0.29, 0.717) is 25.1 Å². The average molecular weight is 208 g/mol. The van der Waals surface area contributed by atoms with Crippen LogP contribution in [0.3, 0.4) is 0 Å². The number of hydrogen-bond donors (Lipinski definition) is 0. The number of hydrogen-bond acceptors (Lipinski definition) is 3. The lowest BCUT2D eigenvalue weighted by Crippen LogP contribution is -2.42. The number of ether oxygens (including phenoxy) is 1. The van der Waals surface area contributed by atoms with Crippen molar-refractivity contribution in [2.75, 3.05) is 19.8 Å². The molecule has 1 aliphatic heterocycles. The van der Waals surface area contributed by atoms with E-state index in [1.165, 1.54) is 6.42 Å². The largest absolute Gasteiger partial charge is 0.379 e. The fourth-order valence-electron chi connectivity index (χ4n) is 2.66. The molecule has 2 aliphatic rings. The summed E-state index contributed by atoms with van der Waals surface area (Å²) in [6.07, 6.45) is 3.41. The number of nitrogens with zero attached hydrogens (tertiary/aromatic N) is 2. The topological polar surface area (TPSA) is 53.3 Å². The summed E-state index contributed by atoms with van der Waals surface area (Å²) in [4.78, 5) is 13.6. The lowest BCUT2D eigenvalue weighted by atomic mass is 10.0. The smallest absolute Gasteiger partial charge is 0.237 e. The molecular weight excluding hydrogens is 192 g/mol. The highest BCUT2D eigenvalue weighted by Gasteiger charge is 2.36. The molecule has 0 radical (unpaired) electrons. The minimum absolute atomic E-state index is 0.00319. The summed E-state index contributed by atoms with van der Waals surface area (Å²) in [7, 11) is 0. The van der Waals surface area contributed by atoms with Crippen LogP contribution in [0.25, 0.3) is 0 Å². The van der Waals surface area contributed by atoms with Gasteiger partial charge in [-0.1, -0.05) is 6.42 Å². The van der Waals surface area contributed by atoms with Gasteiger partial charge in [0.25, 0.3) is 0 Å². The van der Waals surface area contributed by atoms with Crippen LogP contribution in [0.2, 0.25) is 0 Å². The summed E-state index contributed by atoms with van der Waals surface area (Å²) in [6.45, 7) is 2.05. The molecule has 0 spiro atoms. The van der Waals surface area contributed by atoms with E-state index in [1.54, 1.807) is 0 Å². The second kappa shape index (κ2) is 4.63. The normalized spacial score (nSPS) is 30.5. The first kappa shape index (κ1) is 10.4. The molecular formula is C11H16N2O2. The molecule has 2 fully saturated rings. The molecule has 0 bridgehead atoms. The zero-order valence-corrected chi connectivity index (χ0v) is 8.82. The van der Waals surface area contributed by atoms with Gasteiger partial charge < -0.3 is 9.64 Å². The Morgan fingerprint density at radius 1 is 1.53 bits per heavy atom. The average Bonchev–Trinajstić information content (AvgIpc) is 2.58. The van der Waals surface area contributed by atoms with E-state index in [1.807, 2.05) is 11.0 Å². The van der Waals surface area contributed by atoms with Gasteiger partial charge in [0.05, 0.1) is 19.3 Å². The van der Waals surface area contributed by atoms with Crippen molar-refractivity contribution in [2.45, 2.75) is 31.7 Å². The first-order valence-electron chi connectivity index (χ1n) is 5.57. The maximum absolute atomic E-state index is 11.7. The fraction of sp³-hybridized carbons (Fsp3) is 0.818. The van der Waals surface area contributed by atoms with Crippen molar-refractivity contribution < 1.29 is 9.53 Å². The molecule has 2 atom stereocenters. The van der Waals surface area contributed by atoms with Gasteiger partial charge in [0.2, 0.25) is 5.91 Å². The van der Waals surface area contributed by atoms with Crippen LogP contribution in [0.15, 0.2) is 0 Å². The predicted molar refractivity (Wildman–Crippen MR) is 53.9 cm³/mol. The number of amides is 1. The van der Waals surface area contributed by atoms with Crippen LogP contribution in [0.1, 0.15) is 25.7 Å². The van der Waals surface area contributed by atoms with Crippen LogP contribution >= 0.6 is 0 Å². The second-order valence-corrected chi connectivity index (χ2v) is 4.26. The first-order valence-corrected chi connectivity index (χ1v) is 5.57. The summed E-state index contributed by atoms with van der Waals surface area (Å²) in [5, 5.41) is 8.55. The molecule has 1 saturated heterocycles. The second-order valence-electron chi connectivity index (χ2n) is 4.26. The van der Waals surface area contributed by atoms with Crippen molar-refractivity contribution in [3.05, 3.63) is 0 Å². The van der Waals surface area contributed by atoms with Gasteiger partial charge in [-0.05, 0) is 12.8 Å².